The average molecular weight is 903 g/mol. The molecule has 0 spiro atoms. The van der Waals surface area contributed by atoms with E-state index in [-0.39, 0.29) is 0 Å². The van der Waals surface area contributed by atoms with Crippen molar-refractivity contribution < 1.29 is 0 Å². The number of thiophene rings is 2. The van der Waals surface area contributed by atoms with Crippen molar-refractivity contribution in [2.24, 2.45) is 0 Å². The smallest absolute Gasteiger partial charge is 0.161 e. The Morgan fingerprint density at radius 2 is 0.559 bits per heavy atom. The summed E-state index contributed by atoms with van der Waals surface area (Å²) in [7, 11) is 0. The van der Waals surface area contributed by atoms with Gasteiger partial charge in [-0.05, 0) is 68.8 Å². The normalized spacial score (nSPS) is 11.5. The number of hydrogen-bond donors (Lipinski definition) is 0. The molecule has 0 N–H and O–H groups in total. The number of nitrogens with zero attached hydrogens (tertiary/aromatic N) is 4. The van der Waals surface area contributed by atoms with E-state index in [1.807, 2.05) is 6.07 Å². The maximum absolute atomic E-state index is 5.36. The summed E-state index contributed by atoms with van der Waals surface area (Å²) in [5.74, 6) is 1.44. The highest BCUT2D eigenvalue weighted by Crippen LogP contribution is 2.42. The van der Waals surface area contributed by atoms with Crippen LogP contribution in [0.2, 0.25) is 0 Å². The van der Waals surface area contributed by atoms with Gasteiger partial charge in [0, 0.05) is 53.2 Å². The van der Waals surface area contributed by atoms with Crippen molar-refractivity contribution >= 4 is 63.3 Å². The molecule has 0 unspecified atom stereocenters. The second kappa shape index (κ2) is 16.8. The van der Waals surface area contributed by atoms with E-state index in [1.54, 1.807) is 22.7 Å². The highest BCUT2D eigenvalue weighted by Gasteiger charge is 2.19. The first-order chi connectivity index (χ1) is 33.7. The number of hydrogen-bond acceptors (Lipinski definition) is 6. The molecule has 0 atom stereocenters. The van der Waals surface area contributed by atoms with Crippen LogP contribution in [-0.4, -0.2) is 19.9 Å². The van der Waals surface area contributed by atoms with Crippen molar-refractivity contribution in [1.29, 1.82) is 0 Å². The number of benzene rings is 9. The Balaban J connectivity index is 0.841. The lowest BCUT2D eigenvalue weighted by atomic mass is 9.96. The number of rotatable bonds is 8. The monoisotopic (exact) mass is 902 g/mol. The maximum Gasteiger partial charge on any atom is 0.161 e. The SMILES string of the molecule is c1ccc(-c2ccc(-c3nc(-c4ccc(-c5cccc(-c6cccc(-c7nc(-c8ccc(-c9ccccc9)cc8)c8c(n7)sc7ccccc78)c6)c5)cc4)c4c(n3)sc3ccccc34)cc2)cc1. The van der Waals surface area contributed by atoms with E-state index in [2.05, 4.69) is 224 Å². The fourth-order valence-electron chi connectivity index (χ4n) is 9.35. The zero-order valence-electron chi connectivity index (χ0n) is 36.5. The van der Waals surface area contributed by atoms with Gasteiger partial charge in [-0.2, -0.15) is 0 Å². The maximum atomic E-state index is 5.36. The van der Waals surface area contributed by atoms with Crippen LogP contribution in [-0.2, 0) is 0 Å². The molecular formula is C62H38N4S2. The van der Waals surface area contributed by atoms with E-state index in [4.69, 9.17) is 19.9 Å². The van der Waals surface area contributed by atoms with E-state index in [0.717, 1.165) is 82.2 Å². The summed E-state index contributed by atoms with van der Waals surface area (Å²) >= 11 is 3.44. The van der Waals surface area contributed by atoms with Crippen LogP contribution >= 0.6 is 22.7 Å². The average Bonchev–Trinajstić information content (AvgIpc) is 4.00. The Bertz CT molecular complexity index is 3990. The molecule has 0 radical (unpaired) electrons. The van der Waals surface area contributed by atoms with Crippen LogP contribution in [0.15, 0.2) is 231 Å². The summed E-state index contributed by atoms with van der Waals surface area (Å²) < 4.78 is 2.41. The van der Waals surface area contributed by atoms with Crippen molar-refractivity contribution in [1.82, 2.24) is 19.9 Å². The van der Waals surface area contributed by atoms with Crippen LogP contribution in [0.25, 0.3) is 130 Å². The second-order valence-corrected chi connectivity index (χ2v) is 19.0. The van der Waals surface area contributed by atoms with Crippen LogP contribution in [0, 0.1) is 0 Å². The molecule has 0 saturated heterocycles. The summed E-state index contributed by atoms with van der Waals surface area (Å²) in [4.78, 5) is 23.0. The molecule has 318 valence electrons. The fraction of sp³-hybridized carbons (Fsp3) is 0. The number of aromatic nitrogens is 4. The molecular weight excluding hydrogens is 865 g/mol. The van der Waals surface area contributed by atoms with E-state index < -0.39 is 0 Å². The summed E-state index contributed by atoms with van der Waals surface area (Å²) in [5.41, 5.74) is 15.2. The molecule has 4 aromatic heterocycles. The van der Waals surface area contributed by atoms with E-state index in [1.165, 1.54) is 42.4 Å². The lowest BCUT2D eigenvalue weighted by molar-refractivity contribution is 1.24. The Morgan fingerprint density at radius 3 is 1.04 bits per heavy atom. The van der Waals surface area contributed by atoms with Gasteiger partial charge in [0.15, 0.2) is 11.6 Å². The molecule has 13 rings (SSSR count). The molecule has 4 nitrogen and oxygen atoms in total. The summed E-state index contributed by atoms with van der Waals surface area (Å²) in [5, 5.41) is 4.54. The van der Waals surface area contributed by atoms with Gasteiger partial charge in [-0.1, -0.05) is 206 Å². The van der Waals surface area contributed by atoms with Gasteiger partial charge in [0.1, 0.15) is 9.66 Å². The molecule has 0 amide bonds. The third-order valence-corrected chi connectivity index (χ3v) is 14.9. The predicted molar refractivity (Wildman–Crippen MR) is 287 cm³/mol. The highest BCUT2D eigenvalue weighted by atomic mass is 32.1. The van der Waals surface area contributed by atoms with Crippen LogP contribution < -0.4 is 0 Å². The van der Waals surface area contributed by atoms with Crippen LogP contribution in [0.5, 0.6) is 0 Å². The van der Waals surface area contributed by atoms with Gasteiger partial charge in [0.05, 0.1) is 11.4 Å². The van der Waals surface area contributed by atoms with E-state index in [0.29, 0.717) is 5.82 Å². The Morgan fingerprint density at radius 1 is 0.235 bits per heavy atom. The van der Waals surface area contributed by atoms with Gasteiger partial charge in [0.25, 0.3) is 0 Å². The van der Waals surface area contributed by atoms with E-state index >= 15 is 0 Å². The van der Waals surface area contributed by atoms with Gasteiger partial charge in [-0.3, -0.25) is 0 Å². The summed E-state index contributed by atoms with van der Waals surface area (Å²) in [6.45, 7) is 0. The first kappa shape index (κ1) is 39.9. The number of fused-ring (bicyclic) bond motifs is 6. The summed E-state index contributed by atoms with van der Waals surface area (Å²) in [6.07, 6.45) is 0. The molecule has 0 bridgehead atoms. The molecule has 0 aliphatic carbocycles. The zero-order valence-corrected chi connectivity index (χ0v) is 38.2. The Kier molecular flexibility index (Phi) is 9.85. The van der Waals surface area contributed by atoms with Crippen molar-refractivity contribution in [3.05, 3.63) is 231 Å². The molecule has 0 aliphatic rings. The minimum absolute atomic E-state index is 0.712. The minimum Gasteiger partial charge on any atom is -0.227 e. The first-order valence-corrected chi connectivity index (χ1v) is 24.3. The standard InChI is InChI=1S/C62H38N4S2/c1-3-13-39(14-4-1)41-25-31-44(32-26-41)58-56-52-22-8-10-24-54(52)68-62(56)66-60(64-58)50-20-12-19-49(38-50)48-18-11-17-47(37-48)43-27-33-45(34-28-43)57-55-51-21-7-9-23-53(51)67-61(55)65-59(63-57)46-35-29-42(30-36-46)40-15-5-2-6-16-40/h1-38H. The largest absolute Gasteiger partial charge is 0.227 e. The summed E-state index contributed by atoms with van der Waals surface area (Å²) in [6, 6.07) is 81.6. The molecule has 9 aromatic carbocycles. The van der Waals surface area contributed by atoms with Crippen LogP contribution in [0.4, 0.5) is 0 Å². The lowest BCUT2D eigenvalue weighted by Gasteiger charge is -2.11. The molecule has 13 aromatic rings. The van der Waals surface area contributed by atoms with Crippen molar-refractivity contribution in [2.75, 3.05) is 0 Å². The first-order valence-electron chi connectivity index (χ1n) is 22.7. The van der Waals surface area contributed by atoms with Crippen LogP contribution in [0.3, 0.4) is 0 Å². The molecule has 0 saturated carbocycles. The quantitative estimate of drug-likeness (QED) is 0.152. The fourth-order valence-corrected chi connectivity index (χ4v) is 11.5. The van der Waals surface area contributed by atoms with Gasteiger partial charge in [0.2, 0.25) is 0 Å². The minimum atomic E-state index is 0.712. The molecule has 68 heavy (non-hydrogen) atoms. The third-order valence-electron chi connectivity index (χ3n) is 12.8. The third kappa shape index (κ3) is 7.24. The lowest BCUT2D eigenvalue weighted by Crippen LogP contribution is -1.94. The zero-order chi connectivity index (χ0) is 45.0. The Labute approximate surface area is 401 Å². The van der Waals surface area contributed by atoms with Crippen molar-refractivity contribution in [3.8, 4) is 89.8 Å². The molecule has 4 heterocycles. The van der Waals surface area contributed by atoms with Gasteiger partial charge in [-0.15, -0.1) is 22.7 Å². The van der Waals surface area contributed by atoms with E-state index in [9.17, 15) is 0 Å². The van der Waals surface area contributed by atoms with Gasteiger partial charge in [-0.25, -0.2) is 19.9 Å². The van der Waals surface area contributed by atoms with Gasteiger partial charge < -0.3 is 0 Å². The van der Waals surface area contributed by atoms with Crippen LogP contribution in [0.1, 0.15) is 0 Å². The van der Waals surface area contributed by atoms with Crippen molar-refractivity contribution in [2.45, 2.75) is 0 Å². The molecule has 0 fully saturated rings. The predicted octanol–water partition coefficient (Wildman–Crippen LogP) is 17.3. The Hall–Kier alpha value is -8.42. The molecule has 0 aliphatic heterocycles. The topological polar surface area (TPSA) is 51.6 Å². The second-order valence-electron chi connectivity index (χ2n) is 17.0. The molecule has 6 heteroatoms. The highest BCUT2D eigenvalue weighted by molar-refractivity contribution is 7.26. The van der Waals surface area contributed by atoms with Gasteiger partial charge >= 0.3 is 0 Å². The van der Waals surface area contributed by atoms with Crippen molar-refractivity contribution in [3.63, 3.8) is 0 Å².